The van der Waals surface area contributed by atoms with Crippen molar-refractivity contribution in [2.45, 2.75) is 33.7 Å². The first-order chi connectivity index (χ1) is 10.6. The summed E-state index contributed by atoms with van der Waals surface area (Å²) in [6.07, 6.45) is 1.10. The number of nitrogens with zero attached hydrogens (tertiary/aromatic N) is 2. The van der Waals surface area contributed by atoms with Crippen LogP contribution in [0.4, 0.5) is 0 Å². The molecule has 0 radical (unpaired) electrons. The first kappa shape index (κ1) is 20.4. The van der Waals surface area contributed by atoms with Crippen LogP contribution < -0.4 is 10.6 Å². The Bertz CT molecular complexity index is 588. The second-order valence-electron chi connectivity index (χ2n) is 5.44. The summed E-state index contributed by atoms with van der Waals surface area (Å²) in [5, 5.41) is 9.96. The maximum Gasteiger partial charge on any atom is 0.191 e. The molecule has 2 aromatic rings. The summed E-state index contributed by atoms with van der Waals surface area (Å²) >= 11 is 3.56. The fraction of sp³-hybridized carbons (Fsp3) is 0.500. The van der Waals surface area contributed by atoms with Crippen molar-refractivity contribution in [3.63, 3.8) is 0 Å². The van der Waals surface area contributed by atoms with Gasteiger partial charge in [0.15, 0.2) is 5.96 Å². The van der Waals surface area contributed by atoms with Crippen molar-refractivity contribution in [1.82, 2.24) is 15.6 Å². The molecule has 1 atom stereocenters. The number of hydrogen-bond acceptors (Lipinski definition) is 4. The lowest BCUT2D eigenvalue weighted by molar-refractivity contribution is 0.562. The molecular formula is C16H25IN4S2. The van der Waals surface area contributed by atoms with Gasteiger partial charge in [-0.25, -0.2) is 4.98 Å². The average molecular weight is 464 g/mol. The largest absolute Gasteiger partial charge is 0.356 e. The van der Waals surface area contributed by atoms with Gasteiger partial charge in [-0.05, 0) is 37.6 Å². The van der Waals surface area contributed by atoms with Crippen LogP contribution in [0.25, 0.3) is 0 Å². The molecular weight excluding hydrogens is 439 g/mol. The van der Waals surface area contributed by atoms with E-state index in [0.29, 0.717) is 5.92 Å². The summed E-state index contributed by atoms with van der Waals surface area (Å²) in [5.41, 5.74) is 1.12. The molecule has 128 valence electrons. The summed E-state index contributed by atoms with van der Waals surface area (Å²) in [5.74, 6) is 1.41. The van der Waals surface area contributed by atoms with Crippen LogP contribution in [0.1, 0.15) is 27.4 Å². The Balaban J connectivity index is 0.00000264. The molecule has 0 bridgehead atoms. The van der Waals surface area contributed by atoms with Gasteiger partial charge in [-0.1, -0.05) is 13.0 Å². The van der Waals surface area contributed by atoms with Gasteiger partial charge in [-0.15, -0.1) is 46.7 Å². The Hall–Kier alpha value is -0.670. The van der Waals surface area contributed by atoms with Gasteiger partial charge in [0.1, 0.15) is 5.01 Å². The molecule has 23 heavy (non-hydrogen) atoms. The van der Waals surface area contributed by atoms with E-state index in [4.69, 9.17) is 0 Å². The molecule has 0 saturated heterocycles. The molecule has 0 fully saturated rings. The SMILES string of the molecule is CN=C(NCc1nc(C)c(C)s1)NCC(C)Cc1cccs1.I. The highest BCUT2D eigenvalue weighted by Gasteiger charge is 2.07. The number of aliphatic imine (C=N–C) groups is 1. The maximum atomic E-state index is 4.54. The number of aromatic nitrogens is 1. The zero-order chi connectivity index (χ0) is 15.9. The van der Waals surface area contributed by atoms with E-state index in [-0.39, 0.29) is 24.0 Å². The van der Waals surface area contributed by atoms with Gasteiger partial charge in [0, 0.05) is 23.3 Å². The van der Waals surface area contributed by atoms with Gasteiger partial charge < -0.3 is 10.6 Å². The average Bonchev–Trinajstić information content (AvgIpc) is 3.10. The lowest BCUT2D eigenvalue weighted by Crippen LogP contribution is -2.39. The van der Waals surface area contributed by atoms with E-state index in [1.54, 1.807) is 18.4 Å². The summed E-state index contributed by atoms with van der Waals surface area (Å²) in [4.78, 5) is 11.5. The molecule has 0 aliphatic heterocycles. The van der Waals surface area contributed by atoms with Gasteiger partial charge in [0.05, 0.1) is 12.2 Å². The normalized spacial score (nSPS) is 12.6. The second-order valence-corrected chi connectivity index (χ2v) is 7.76. The van der Waals surface area contributed by atoms with E-state index in [0.717, 1.165) is 36.2 Å². The number of thiazole rings is 1. The van der Waals surface area contributed by atoms with Gasteiger partial charge in [0.25, 0.3) is 0 Å². The zero-order valence-electron chi connectivity index (χ0n) is 14.0. The van der Waals surface area contributed by atoms with E-state index in [2.05, 4.69) is 58.9 Å². The standard InChI is InChI=1S/C16H24N4S2.HI/c1-11(8-14-6-5-7-21-14)9-18-16(17-4)19-10-15-20-12(2)13(3)22-15;/h5-7,11H,8-10H2,1-4H3,(H2,17,18,19);1H. The van der Waals surface area contributed by atoms with E-state index < -0.39 is 0 Å². The van der Waals surface area contributed by atoms with Crippen LogP contribution >= 0.6 is 46.7 Å². The first-order valence-electron chi connectivity index (χ1n) is 7.48. The van der Waals surface area contributed by atoms with Crippen molar-refractivity contribution >= 4 is 52.6 Å². The maximum absolute atomic E-state index is 4.54. The zero-order valence-corrected chi connectivity index (χ0v) is 18.0. The molecule has 1 unspecified atom stereocenters. The monoisotopic (exact) mass is 464 g/mol. The van der Waals surface area contributed by atoms with E-state index in [1.165, 1.54) is 9.75 Å². The number of thiophene rings is 1. The predicted octanol–water partition coefficient (Wildman–Crippen LogP) is 3.98. The predicted molar refractivity (Wildman–Crippen MR) is 112 cm³/mol. The van der Waals surface area contributed by atoms with Crippen molar-refractivity contribution in [3.8, 4) is 0 Å². The number of hydrogen-bond donors (Lipinski definition) is 2. The molecule has 0 spiro atoms. The van der Waals surface area contributed by atoms with Crippen LogP contribution in [0, 0.1) is 19.8 Å². The van der Waals surface area contributed by atoms with Gasteiger partial charge in [-0.3, -0.25) is 4.99 Å². The summed E-state index contributed by atoms with van der Waals surface area (Å²) in [6.45, 7) is 8.05. The first-order valence-corrected chi connectivity index (χ1v) is 9.18. The van der Waals surface area contributed by atoms with Crippen LogP contribution in [-0.4, -0.2) is 24.5 Å². The summed E-state index contributed by atoms with van der Waals surface area (Å²) < 4.78 is 0. The van der Waals surface area contributed by atoms with Crippen LogP contribution in [0.2, 0.25) is 0 Å². The number of aryl methyl sites for hydroxylation is 2. The Kier molecular flexibility index (Phi) is 9.08. The Labute approximate surface area is 163 Å². The molecule has 0 amide bonds. The quantitative estimate of drug-likeness (QED) is 0.386. The van der Waals surface area contributed by atoms with Crippen molar-refractivity contribution in [2.75, 3.05) is 13.6 Å². The molecule has 2 aromatic heterocycles. The third-order valence-electron chi connectivity index (χ3n) is 3.45. The third kappa shape index (κ3) is 6.76. The lowest BCUT2D eigenvalue weighted by Gasteiger charge is -2.15. The molecule has 0 aliphatic carbocycles. The minimum Gasteiger partial charge on any atom is -0.356 e. The van der Waals surface area contributed by atoms with Crippen LogP contribution in [0.3, 0.4) is 0 Å². The molecule has 0 aromatic carbocycles. The second kappa shape index (κ2) is 10.2. The number of guanidine groups is 1. The fourth-order valence-electron chi connectivity index (χ4n) is 2.11. The molecule has 0 saturated carbocycles. The number of nitrogens with one attached hydrogen (secondary N) is 2. The summed E-state index contributed by atoms with van der Waals surface area (Å²) in [6, 6.07) is 4.31. The number of halogens is 1. The fourth-order valence-corrected chi connectivity index (χ4v) is 3.85. The molecule has 2 N–H and O–H groups in total. The molecule has 2 heterocycles. The lowest BCUT2D eigenvalue weighted by atomic mass is 10.1. The summed E-state index contributed by atoms with van der Waals surface area (Å²) in [7, 11) is 1.80. The van der Waals surface area contributed by atoms with Gasteiger partial charge >= 0.3 is 0 Å². The van der Waals surface area contributed by atoms with Crippen molar-refractivity contribution < 1.29 is 0 Å². The molecule has 4 nitrogen and oxygen atoms in total. The van der Waals surface area contributed by atoms with Crippen molar-refractivity contribution in [1.29, 1.82) is 0 Å². The smallest absolute Gasteiger partial charge is 0.191 e. The Morgan fingerprint density at radius 2 is 2.13 bits per heavy atom. The minimum atomic E-state index is 0. The van der Waals surface area contributed by atoms with Crippen LogP contribution in [0.5, 0.6) is 0 Å². The van der Waals surface area contributed by atoms with Gasteiger partial charge in [-0.2, -0.15) is 0 Å². The van der Waals surface area contributed by atoms with Gasteiger partial charge in [0.2, 0.25) is 0 Å². The highest BCUT2D eigenvalue weighted by atomic mass is 127. The van der Waals surface area contributed by atoms with E-state index in [9.17, 15) is 0 Å². The molecule has 0 aliphatic rings. The van der Waals surface area contributed by atoms with E-state index >= 15 is 0 Å². The highest BCUT2D eigenvalue weighted by molar-refractivity contribution is 14.0. The van der Waals surface area contributed by atoms with Crippen molar-refractivity contribution in [3.05, 3.63) is 38.0 Å². The minimum absolute atomic E-state index is 0. The molecule has 2 rings (SSSR count). The Morgan fingerprint density at radius 3 is 2.70 bits per heavy atom. The Morgan fingerprint density at radius 1 is 1.35 bits per heavy atom. The third-order valence-corrected chi connectivity index (χ3v) is 5.42. The number of rotatable bonds is 6. The topological polar surface area (TPSA) is 49.3 Å². The van der Waals surface area contributed by atoms with Crippen LogP contribution in [-0.2, 0) is 13.0 Å². The van der Waals surface area contributed by atoms with Crippen LogP contribution in [0.15, 0.2) is 22.5 Å². The highest BCUT2D eigenvalue weighted by Crippen LogP contribution is 2.16. The van der Waals surface area contributed by atoms with Crippen molar-refractivity contribution in [2.24, 2.45) is 10.9 Å². The van der Waals surface area contributed by atoms with E-state index in [1.807, 2.05) is 11.3 Å². The molecule has 7 heteroatoms.